The molecule has 1 aliphatic rings. The van der Waals surface area contributed by atoms with Crippen molar-refractivity contribution in [2.45, 2.75) is 25.7 Å². The van der Waals surface area contributed by atoms with Crippen LogP contribution in [-0.4, -0.2) is 34.8 Å². The molecule has 31 heavy (non-hydrogen) atoms. The minimum absolute atomic E-state index is 0.0211. The Bertz CT molecular complexity index is 1030. The molecule has 0 bridgehead atoms. The van der Waals surface area contributed by atoms with Gasteiger partial charge < -0.3 is 14.6 Å². The zero-order valence-electron chi connectivity index (χ0n) is 17.1. The summed E-state index contributed by atoms with van der Waals surface area (Å²) in [6.45, 7) is 1.18. The van der Waals surface area contributed by atoms with Crippen LogP contribution in [0.25, 0.3) is 11.3 Å². The first-order valence-corrected chi connectivity index (χ1v) is 10.8. The van der Waals surface area contributed by atoms with E-state index in [0.29, 0.717) is 55.4 Å². The summed E-state index contributed by atoms with van der Waals surface area (Å²) in [5.74, 6) is 1.21. The van der Waals surface area contributed by atoms with Crippen LogP contribution in [0.15, 0.2) is 65.2 Å². The van der Waals surface area contributed by atoms with Gasteiger partial charge in [-0.05, 0) is 49.2 Å². The fourth-order valence-corrected chi connectivity index (χ4v) is 3.83. The molecule has 7 heteroatoms. The molecular formula is C24H24ClN3O3. The lowest BCUT2D eigenvalue weighted by molar-refractivity contribution is -0.134. The van der Waals surface area contributed by atoms with E-state index in [1.54, 1.807) is 18.3 Å². The Morgan fingerprint density at radius 2 is 1.77 bits per heavy atom. The standard InChI is InChI=1S/C24H24ClN3O3/c25-19-8-6-17(7-9-19)21-16-26-22(31-21)10-11-23(29)28-14-12-18(13-15-28)24(30)27-20-4-2-1-3-5-20/h1-9,16,18H,10-15H2,(H,27,30). The van der Waals surface area contributed by atoms with Gasteiger partial charge in [0.15, 0.2) is 11.7 Å². The van der Waals surface area contributed by atoms with Crippen molar-refractivity contribution < 1.29 is 14.0 Å². The lowest BCUT2D eigenvalue weighted by Gasteiger charge is -2.31. The van der Waals surface area contributed by atoms with Crippen LogP contribution in [0.2, 0.25) is 5.02 Å². The molecule has 0 radical (unpaired) electrons. The van der Waals surface area contributed by atoms with Crippen LogP contribution in [0.5, 0.6) is 0 Å². The molecule has 6 nitrogen and oxygen atoms in total. The van der Waals surface area contributed by atoms with Gasteiger partial charge in [0, 0.05) is 48.1 Å². The van der Waals surface area contributed by atoms with Gasteiger partial charge in [0.05, 0.1) is 6.20 Å². The van der Waals surface area contributed by atoms with Crippen molar-refractivity contribution in [3.63, 3.8) is 0 Å². The molecule has 0 aliphatic carbocycles. The number of aromatic nitrogens is 1. The molecule has 1 aromatic heterocycles. The first-order chi connectivity index (χ1) is 15.1. The van der Waals surface area contributed by atoms with Crippen molar-refractivity contribution in [1.29, 1.82) is 0 Å². The predicted molar refractivity (Wildman–Crippen MR) is 120 cm³/mol. The maximum atomic E-state index is 12.6. The summed E-state index contributed by atoms with van der Waals surface area (Å²) in [5.41, 5.74) is 1.69. The Labute approximate surface area is 186 Å². The average Bonchev–Trinajstić information content (AvgIpc) is 3.28. The van der Waals surface area contributed by atoms with Crippen LogP contribution in [0, 0.1) is 5.92 Å². The zero-order chi connectivity index (χ0) is 21.6. The maximum absolute atomic E-state index is 12.6. The number of benzene rings is 2. The fraction of sp³-hybridized carbons (Fsp3) is 0.292. The smallest absolute Gasteiger partial charge is 0.227 e. The number of halogens is 1. The second-order valence-electron chi connectivity index (χ2n) is 7.64. The minimum atomic E-state index is -0.0714. The third kappa shape index (κ3) is 5.52. The highest BCUT2D eigenvalue weighted by molar-refractivity contribution is 6.30. The number of piperidine rings is 1. The highest BCUT2D eigenvalue weighted by Gasteiger charge is 2.27. The van der Waals surface area contributed by atoms with Gasteiger partial charge in [-0.15, -0.1) is 0 Å². The average molecular weight is 438 g/mol. The summed E-state index contributed by atoms with van der Waals surface area (Å²) in [7, 11) is 0. The van der Waals surface area contributed by atoms with E-state index in [4.69, 9.17) is 16.0 Å². The third-order valence-corrected chi connectivity index (χ3v) is 5.75. The first-order valence-electron chi connectivity index (χ1n) is 10.4. The molecule has 4 rings (SSSR count). The highest BCUT2D eigenvalue weighted by Crippen LogP contribution is 2.24. The molecule has 1 fully saturated rings. The number of aryl methyl sites for hydroxylation is 1. The summed E-state index contributed by atoms with van der Waals surface area (Å²) in [4.78, 5) is 31.2. The number of nitrogens with one attached hydrogen (secondary N) is 1. The van der Waals surface area contributed by atoms with Gasteiger partial charge in [-0.2, -0.15) is 0 Å². The SMILES string of the molecule is O=C(Nc1ccccc1)C1CCN(C(=O)CCc2ncc(-c3ccc(Cl)cc3)o2)CC1. The van der Waals surface area contributed by atoms with Gasteiger partial charge in [-0.1, -0.05) is 29.8 Å². The number of oxazole rings is 1. The monoisotopic (exact) mass is 437 g/mol. The molecule has 160 valence electrons. The highest BCUT2D eigenvalue weighted by atomic mass is 35.5. The van der Waals surface area contributed by atoms with Crippen LogP contribution in [0.1, 0.15) is 25.2 Å². The topological polar surface area (TPSA) is 75.4 Å². The second-order valence-corrected chi connectivity index (χ2v) is 8.07. The third-order valence-electron chi connectivity index (χ3n) is 5.49. The normalized spacial score (nSPS) is 14.4. The summed E-state index contributed by atoms with van der Waals surface area (Å²) in [5, 5.41) is 3.61. The number of anilines is 1. The zero-order valence-corrected chi connectivity index (χ0v) is 17.8. The Balaban J connectivity index is 1.23. The Kier molecular flexibility index (Phi) is 6.67. The van der Waals surface area contributed by atoms with E-state index in [2.05, 4.69) is 10.3 Å². The second kappa shape index (κ2) is 9.79. The molecule has 2 amide bonds. The molecule has 1 aliphatic heterocycles. The lowest BCUT2D eigenvalue weighted by Crippen LogP contribution is -2.41. The molecule has 3 aromatic rings. The quantitative estimate of drug-likeness (QED) is 0.600. The number of rotatable bonds is 6. The number of hydrogen-bond acceptors (Lipinski definition) is 4. The van der Waals surface area contributed by atoms with Crippen molar-refractivity contribution in [3.8, 4) is 11.3 Å². The number of carbonyl (C=O) groups is 2. The summed E-state index contributed by atoms with van der Waals surface area (Å²) >= 11 is 5.91. The predicted octanol–water partition coefficient (Wildman–Crippen LogP) is 4.80. The number of likely N-dealkylation sites (tertiary alicyclic amines) is 1. The maximum Gasteiger partial charge on any atom is 0.227 e. The molecular weight excluding hydrogens is 414 g/mol. The van der Waals surface area contributed by atoms with E-state index in [1.165, 1.54) is 0 Å². The van der Waals surface area contributed by atoms with Crippen LogP contribution in [-0.2, 0) is 16.0 Å². The van der Waals surface area contributed by atoms with Crippen LogP contribution in [0.4, 0.5) is 5.69 Å². The summed E-state index contributed by atoms with van der Waals surface area (Å²) < 4.78 is 5.77. The van der Waals surface area contributed by atoms with E-state index >= 15 is 0 Å². The number of carbonyl (C=O) groups excluding carboxylic acids is 2. The van der Waals surface area contributed by atoms with Gasteiger partial charge in [-0.3, -0.25) is 9.59 Å². The number of nitrogens with zero attached hydrogens (tertiary/aromatic N) is 2. The van der Waals surface area contributed by atoms with Crippen molar-refractivity contribution in [1.82, 2.24) is 9.88 Å². The molecule has 2 heterocycles. The van der Waals surface area contributed by atoms with Crippen molar-refractivity contribution in [3.05, 3.63) is 71.7 Å². The lowest BCUT2D eigenvalue weighted by atomic mass is 9.95. The van der Waals surface area contributed by atoms with Gasteiger partial charge in [0.25, 0.3) is 0 Å². The largest absolute Gasteiger partial charge is 0.441 e. The van der Waals surface area contributed by atoms with Crippen LogP contribution >= 0.6 is 11.6 Å². The van der Waals surface area contributed by atoms with Crippen molar-refractivity contribution in [2.75, 3.05) is 18.4 Å². The van der Waals surface area contributed by atoms with Gasteiger partial charge in [0.1, 0.15) is 0 Å². The fourth-order valence-electron chi connectivity index (χ4n) is 3.70. The van der Waals surface area contributed by atoms with E-state index in [0.717, 1.165) is 11.3 Å². The van der Waals surface area contributed by atoms with Gasteiger partial charge in [0.2, 0.25) is 11.8 Å². The molecule has 0 saturated carbocycles. The molecule has 0 spiro atoms. The molecule has 2 aromatic carbocycles. The number of para-hydroxylation sites is 1. The van der Waals surface area contributed by atoms with E-state index < -0.39 is 0 Å². The number of hydrogen-bond donors (Lipinski definition) is 1. The van der Waals surface area contributed by atoms with Gasteiger partial charge in [-0.25, -0.2) is 4.98 Å². The molecule has 0 unspecified atom stereocenters. The summed E-state index contributed by atoms with van der Waals surface area (Å²) in [6.07, 6.45) is 3.79. The Hall–Kier alpha value is -3.12. The Morgan fingerprint density at radius 3 is 2.48 bits per heavy atom. The van der Waals surface area contributed by atoms with E-state index in [1.807, 2.05) is 47.4 Å². The van der Waals surface area contributed by atoms with E-state index in [9.17, 15) is 9.59 Å². The van der Waals surface area contributed by atoms with Crippen LogP contribution in [0.3, 0.4) is 0 Å². The van der Waals surface area contributed by atoms with Crippen molar-refractivity contribution in [2.24, 2.45) is 5.92 Å². The summed E-state index contributed by atoms with van der Waals surface area (Å²) in [6, 6.07) is 16.8. The molecule has 1 saturated heterocycles. The first kappa shape index (κ1) is 21.1. The molecule has 1 N–H and O–H groups in total. The Morgan fingerprint density at radius 1 is 1.06 bits per heavy atom. The molecule has 0 atom stereocenters. The van der Waals surface area contributed by atoms with Gasteiger partial charge >= 0.3 is 0 Å². The van der Waals surface area contributed by atoms with Crippen molar-refractivity contribution >= 4 is 29.1 Å². The van der Waals surface area contributed by atoms with E-state index in [-0.39, 0.29) is 17.7 Å². The van der Waals surface area contributed by atoms with Crippen LogP contribution < -0.4 is 5.32 Å². The minimum Gasteiger partial charge on any atom is -0.441 e. The number of amides is 2.